The molecule has 0 saturated carbocycles. The molecule has 0 radical (unpaired) electrons. The average molecular weight is 220 g/mol. The second-order valence-electron chi connectivity index (χ2n) is 4.52. The van der Waals surface area contributed by atoms with Crippen molar-refractivity contribution in [2.75, 3.05) is 19.6 Å². The molecular weight excluding hydrogens is 200 g/mol. The van der Waals surface area contributed by atoms with Crippen LogP contribution in [0.2, 0.25) is 0 Å². The third-order valence-electron chi connectivity index (χ3n) is 3.54. The van der Waals surface area contributed by atoms with Gasteiger partial charge >= 0.3 is 0 Å². The number of piperidine rings is 1. The van der Waals surface area contributed by atoms with E-state index in [-0.39, 0.29) is 0 Å². The molecule has 2 heterocycles. The number of hydrogen-bond donors (Lipinski definition) is 1. The minimum atomic E-state index is 0.368. The predicted octanol–water partition coefficient (Wildman–Crippen LogP) is 1.21. The monoisotopic (exact) mass is 220 g/mol. The Labute approximate surface area is 96.9 Å². The van der Waals surface area contributed by atoms with Crippen molar-refractivity contribution in [2.24, 2.45) is 11.7 Å². The van der Waals surface area contributed by atoms with E-state index in [1.807, 2.05) is 6.20 Å². The predicted molar refractivity (Wildman–Crippen MR) is 63.8 cm³/mol. The van der Waals surface area contributed by atoms with Gasteiger partial charge in [-0.1, -0.05) is 0 Å². The highest BCUT2D eigenvalue weighted by molar-refractivity contribution is 5.01. The van der Waals surface area contributed by atoms with E-state index < -0.39 is 0 Å². The van der Waals surface area contributed by atoms with Gasteiger partial charge in [0.1, 0.15) is 0 Å². The summed E-state index contributed by atoms with van der Waals surface area (Å²) in [5.41, 5.74) is 6.76. The standard InChI is InChI=1S/C12H20N4/c1-10(12-9-14-4-5-15-12)16-6-2-11(8-13)3-7-16/h4-5,9-11H,2-3,6-8,13H2,1H3/t10-/m1/s1. The highest BCUT2D eigenvalue weighted by Gasteiger charge is 2.23. The van der Waals surface area contributed by atoms with Crippen molar-refractivity contribution in [2.45, 2.75) is 25.8 Å². The third-order valence-corrected chi connectivity index (χ3v) is 3.54. The Morgan fingerprint density at radius 3 is 2.75 bits per heavy atom. The molecular formula is C12H20N4. The second-order valence-corrected chi connectivity index (χ2v) is 4.52. The number of nitrogens with zero attached hydrogens (tertiary/aromatic N) is 3. The second kappa shape index (κ2) is 5.37. The van der Waals surface area contributed by atoms with E-state index in [0.29, 0.717) is 12.0 Å². The quantitative estimate of drug-likeness (QED) is 0.832. The van der Waals surface area contributed by atoms with Crippen LogP contribution in [-0.2, 0) is 0 Å². The van der Waals surface area contributed by atoms with Crippen LogP contribution in [-0.4, -0.2) is 34.5 Å². The Balaban J connectivity index is 1.94. The van der Waals surface area contributed by atoms with Crippen LogP contribution in [0.15, 0.2) is 18.6 Å². The molecule has 0 aromatic carbocycles. The number of hydrogen-bond acceptors (Lipinski definition) is 4. The number of rotatable bonds is 3. The van der Waals surface area contributed by atoms with Crippen LogP contribution in [0, 0.1) is 5.92 Å². The van der Waals surface area contributed by atoms with Crippen molar-refractivity contribution in [3.63, 3.8) is 0 Å². The van der Waals surface area contributed by atoms with E-state index in [4.69, 9.17) is 5.73 Å². The first-order chi connectivity index (χ1) is 7.81. The Morgan fingerprint density at radius 2 is 2.19 bits per heavy atom. The lowest BCUT2D eigenvalue weighted by molar-refractivity contribution is 0.141. The topological polar surface area (TPSA) is 55.0 Å². The molecule has 4 nitrogen and oxygen atoms in total. The Bertz CT molecular complexity index is 306. The summed E-state index contributed by atoms with van der Waals surface area (Å²) in [5, 5.41) is 0. The van der Waals surface area contributed by atoms with Gasteiger partial charge in [-0.25, -0.2) is 0 Å². The first-order valence-electron chi connectivity index (χ1n) is 6.01. The van der Waals surface area contributed by atoms with Crippen molar-refractivity contribution in [1.29, 1.82) is 0 Å². The smallest absolute Gasteiger partial charge is 0.0755 e. The molecule has 0 unspecified atom stereocenters. The van der Waals surface area contributed by atoms with Crippen LogP contribution in [0.1, 0.15) is 31.5 Å². The zero-order valence-corrected chi connectivity index (χ0v) is 9.84. The number of nitrogens with two attached hydrogens (primary N) is 1. The minimum absolute atomic E-state index is 0.368. The molecule has 2 N–H and O–H groups in total. The SMILES string of the molecule is C[C@H](c1cnccn1)N1CCC(CN)CC1. The van der Waals surface area contributed by atoms with Gasteiger partial charge < -0.3 is 5.73 Å². The molecule has 0 amide bonds. The maximum atomic E-state index is 5.70. The van der Waals surface area contributed by atoms with Crippen molar-refractivity contribution >= 4 is 0 Å². The molecule has 1 aromatic heterocycles. The maximum Gasteiger partial charge on any atom is 0.0755 e. The van der Waals surface area contributed by atoms with Crippen LogP contribution in [0.4, 0.5) is 0 Å². The molecule has 1 aliphatic heterocycles. The molecule has 1 atom stereocenters. The van der Waals surface area contributed by atoms with Crippen molar-refractivity contribution in [1.82, 2.24) is 14.9 Å². The summed E-state index contributed by atoms with van der Waals surface area (Å²) in [4.78, 5) is 11.0. The van der Waals surface area contributed by atoms with Gasteiger partial charge in [-0.3, -0.25) is 14.9 Å². The maximum absolute atomic E-state index is 5.70. The van der Waals surface area contributed by atoms with Gasteiger partial charge in [-0.05, 0) is 45.3 Å². The fraction of sp³-hybridized carbons (Fsp3) is 0.667. The first kappa shape index (κ1) is 11.5. The first-order valence-corrected chi connectivity index (χ1v) is 6.01. The van der Waals surface area contributed by atoms with Gasteiger partial charge in [-0.2, -0.15) is 0 Å². The third kappa shape index (κ3) is 2.57. The molecule has 1 fully saturated rings. The van der Waals surface area contributed by atoms with Gasteiger partial charge in [0, 0.05) is 18.6 Å². The van der Waals surface area contributed by atoms with E-state index >= 15 is 0 Å². The van der Waals surface area contributed by atoms with Gasteiger partial charge in [0.25, 0.3) is 0 Å². The lowest BCUT2D eigenvalue weighted by Crippen LogP contribution is -2.37. The molecule has 16 heavy (non-hydrogen) atoms. The van der Waals surface area contributed by atoms with Gasteiger partial charge in [0.15, 0.2) is 0 Å². The fourth-order valence-corrected chi connectivity index (χ4v) is 2.29. The molecule has 2 rings (SSSR count). The van der Waals surface area contributed by atoms with Crippen LogP contribution in [0.5, 0.6) is 0 Å². The fourth-order valence-electron chi connectivity index (χ4n) is 2.29. The summed E-state index contributed by atoms with van der Waals surface area (Å²) >= 11 is 0. The number of aromatic nitrogens is 2. The summed E-state index contributed by atoms with van der Waals surface area (Å²) in [6.45, 7) is 5.28. The van der Waals surface area contributed by atoms with Crippen LogP contribution in [0.3, 0.4) is 0 Å². The highest BCUT2D eigenvalue weighted by atomic mass is 15.2. The molecule has 88 valence electrons. The molecule has 1 saturated heterocycles. The summed E-state index contributed by atoms with van der Waals surface area (Å²) < 4.78 is 0. The Morgan fingerprint density at radius 1 is 1.44 bits per heavy atom. The normalized spacial score (nSPS) is 20.9. The van der Waals surface area contributed by atoms with Gasteiger partial charge in [0.05, 0.1) is 11.7 Å². The number of likely N-dealkylation sites (tertiary alicyclic amines) is 1. The Hall–Kier alpha value is -1.00. The molecule has 0 aliphatic carbocycles. The summed E-state index contributed by atoms with van der Waals surface area (Å²) in [7, 11) is 0. The lowest BCUT2D eigenvalue weighted by atomic mass is 9.96. The lowest BCUT2D eigenvalue weighted by Gasteiger charge is -2.35. The van der Waals surface area contributed by atoms with Crippen LogP contribution in [0.25, 0.3) is 0 Å². The largest absolute Gasteiger partial charge is 0.330 e. The summed E-state index contributed by atoms with van der Waals surface area (Å²) in [6.07, 6.45) is 7.76. The molecule has 0 bridgehead atoms. The van der Waals surface area contributed by atoms with Gasteiger partial charge in [0.2, 0.25) is 0 Å². The summed E-state index contributed by atoms with van der Waals surface area (Å²) in [6, 6.07) is 0.368. The molecule has 0 spiro atoms. The Kier molecular flexibility index (Phi) is 3.85. The van der Waals surface area contributed by atoms with Crippen molar-refractivity contribution in [3.8, 4) is 0 Å². The van der Waals surface area contributed by atoms with Crippen molar-refractivity contribution < 1.29 is 0 Å². The molecule has 4 heteroatoms. The van der Waals surface area contributed by atoms with Crippen LogP contribution >= 0.6 is 0 Å². The van der Waals surface area contributed by atoms with Crippen molar-refractivity contribution in [3.05, 3.63) is 24.3 Å². The van der Waals surface area contributed by atoms with E-state index in [9.17, 15) is 0 Å². The zero-order chi connectivity index (χ0) is 11.4. The van der Waals surface area contributed by atoms with E-state index in [0.717, 1.165) is 25.3 Å². The summed E-state index contributed by atoms with van der Waals surface area (Å²) in [5.74, 6) is 0.713. The zero-order valence-electron chi connectivity index (χ0n) is 9.84. The van der Waals surface area contributed by atoms with Crippen LogP contribution < -0.4 is 5.73 Å². The minimum Gasteiger partial charge on any atom is -0.330 e. The average Bonchev–Trinajstić information content (AvgIpc) is 2.39. The molecule has 1 aromatic rings. The van der Waals surface area contributed by atoms with E-state index in [1.165, 1.54) is 12.8 Å². The van der Waals surface area contributed by atoms with E-state index in [1.54, 1.807) is 12.4 Å². The van der Waals surface area contributed by atoms with E-state index in [2.05, 4.69) is 21.8 Å². The highest BCUT2D eigenvalue weighted by Crippen LogP contribution is 2.24. The van der Waals surface area contributed by atoms with Gasteiger partial charge in [-0.15, -0.1) is 0 Å². The molecule has 1 aliphatic rings.